The monoisotopic (exact) mass is 248 g/mol. The first-order chi connectivity index (χ1) is 8.49. The van der Waals surface area contributed by atoms with Crippen LogP contribution in [0.15, 0.2) is 21.3 Å². The van der Waals surface area contributed by atoms with Crippen molar-refractivity contribution in [3.05, 3.63) is 33.9 Å². The molecule has 0 unspecified atom stereocenters. The fraction of sp³-hybridized carbons (Fsp3) is 0.308. The molecular weight excluding hydrogens is 236 g/mol. The first-order valence-electron chi connectivity index (χ1n) is 5.69. The summed E-state index contributed by atoms with van der Waals surface area (Å²) < 4.78 is 5.09. The predicted octanol–water partition coefficient (Wildman–Crippen LogP) is 1.74. The molecule has 1 aromatic heterocycles. The molecular formula is C13H12O5. The van der Waals surface area contributed by atoms with Crippen LogP contribution in [0.25, 0.3) is 10.8 Å². The van der Waals surface area contributed by atoms with E-state index in [2.05, 4.69) is 0 Å². The summed E-state index contributed by atoms with van der Waals surface area (Å²) in [6.07, 6.45) is -0.343. The number of aliphatic hydroxyl groups excluding tert-OH is 1. The molecule has 0 radical (unpaired) electrons. The van der Waals surface area contributed by atoms with Gasteiger partial charge in [-0.25, -0.2) is 4.79 Å². The molecule has 0 spiro atoms. The quantitative estimate of drug-likeness (QED) is 0.660. The smallest absolute Gasteiger partial charge is 0.347 e. The van der Waals surface area contributed by atoms with Crippen LogP contribution in [0.3, 0.4) is 0 Å². The average Bonchev–Trinajstić information content (AvgIpc) is 2.53. The van der Waals surface area contributed by atoms with Crippen LogP contribution in [0, 0.1) is 0 Å². The largest absolute Gasteiger partial charge is 0.508 e. The maximum absolute atomic E-state index is 11.8. The molecule has 1 aliphatic carbocycles. The van der Waals surface area contributed by atoms with Crippen molar-refractivity contribution in [2.75, 3.05) is 0 Å². The molecule has 0 saturated carbocycles. The van der Waals surface area contributed by atoms with E-state index in [9.17, 15) is 20.1 Å². The summed E-state index contributed by atoms with van der Waals surface area (Å²) in [5.41, 5.74) is -0.0160. The van der Waals surface area contributed by atoms with Gasteiger partial charge in [-0.3, -0.25) is 0 Å². The first-order valence-corrected chi connectivity index (χ1v) is 5.69. The maximum atomic E-state index is 11.8. The van der Waals surface area contributed by atoms with Crippen molar-refractivity contribution in [1.29, 1.82) is 0 Å². The van der Waals surface area contributed by atoms with Gasteiger partial charge < -0.3 is 19.7 Å². The van der Waals surface area contributed by atoms with E-state index in [0.717, 1.165) is 6.07 Å². The van der Waals surface area contributed by atoms with Gasteiger partial charge in [-0.15, -0.1) is 0 Å². The van der Waals surface area contributed by atoms with Gasteiger partial charge in [0.15, 0.2) is 0 Å². The van der Waals surface area contributed by atoms with Crippen molar-refractivity contribution >= 4 is 10.8 Å². The van der Waals surface area contributed by atoms with Gasteiger partial charge in [0.1, 0.15) is 28.7 Å². The number of benzene rings is 1. The van der Waals surface area contributed by atoms with E-state index in [-0.39, 0.29) is 28.6 Å². The highest BCUT2D eigenvalue weighted by Gasteiger charge is 2.32. The summed E-state index contributed by atoms with van der Waals surface area (Å²) in [5, 5.41) is 29.6. The number of hydrogen-bond acceptors (Lipinski definition) is 5. The zero-order valence-electron chi connectivity index (χ0n) is 9.67. The Kier molecular flexibility index (Phi) is 2.15. The molecule has 2 atom stereocenters. The van der Waals surface area contributed by atoms with Crippen molar-refractivity contribution in [3.63, 3.8) is 0 Å². The Hall–Kier alpha value is -2.01. The van der Waals surface area contributed by atoms with Crippen molar-refractivity contribution < 1.29 is 19.7 Å². The maximum Gasteiger partial charge on any atom is 0.347 e. The molecule has 1 aliphatic rings. The number of phenolic OH excluding ortho intramolecular Hbond substituents is 2. The fourth-order valence-electron chi connectivity index (χ4n) is 2.69. The molecule has 1 aromatic carbocycles. The van der Waals surface area contributed by atoms with Crippen LogP contribution < -0.4 is 5.63 Å². The average molecular weight is 248 g/mol. The molecule has 5 nitrogen and oxygen atoms in total. The second-order valence-electron chi connectivity index (χ2n) is 4.71. The van der Waals surface area contributed by atoms with Crippen molar-refractivity contribution in [2.24, 2.45) is 0 Å². The molecule has 1 heterocycles. The van der Waals surface area contributed by atoms with Crippen molar-refractivity contribution in [1.82, 2.24) is 0 Å². The van der Waals surface area contributed by atoms with Crippen LogP contribution in [-0.4, -0.2) is 15.3 Å². The third-order valence-electron chi connectivity index (χ3n) is 3.44. The van der Waals surface area contributed by atoms with Crippen LogP contribution >= 0.6 is 0 Å². The number of aliphatic hydroxyl groups is 1. The second kappa shape index (κ2) is 3.49. The second-order valence-corrected chi connectivity index (χ2v) is 4.71. The topological polar surface area (TPSA) is 90.9 Å². The minimum Gasteiger partial charge on any atom is -0.508 e. The zero-order valence-corrected chi connectivity index (χ0v) is 9.67. The molecule has 3 rings (SSSR count). The summed E-state index contributed by atoms with van der Waals surface area (Å²) in [6.45, 7) is 1.90. The predicted molar refractivity (Wildman–Crippen MR) is 63.8 cm³/mol. The summed E-state index contributed by atoms with van der Waals surface area (Å²) in [5.74, 6) is -0.190. The van der Waals surface area contributed by atoms with Crippen LogP contribution in [0.4, 0.5) is 0 Å². The number of aromatic hydroxyl groups is 2. The Bertz CT molecular complexity index is 701. The lowest BCUT2D eigenvalue weighted by Crippen LogP contribution is -2.05. The van der Waals surface area contributed by atoms with E-state index in [1.54, 1.807) is 0 Å². The highest BCUT2D eigenvalue weighted by atomic mass is 16.4. The molecule has 18 heavy (non-hydrogen) atoms. The Morgan fingerprint density at radius 3 is 2.78 bits per heavy atom. The molecule has 0 saturated heterocycles. The first kappa shape index (κ1) is 11.1. The number of fused-ring (bicyclic) bond motifs is 3. The minimum absolute atomic E-state index is 0.00282. The van der Waals surface area contributed by atoms with Gasteiger partial charge in [0.05, 0.1) is 0 Å². The lowest BCUT2D eigenvalue weighted by molar-refractivity contribution is 0.147. The van der Waals surface area contributed by atoms with Gasteiger partial charge in [0, 0.05) is 17.0 Å². The molecule has 0 amide bonds. The van der Waals surface area contributed by atoms with Gasteiger partial charge >= 0.3 is 5.63 Å². The summed E-state index contributed by atoms with van der Waals surface area (Å²) in [7, 11) is 0. The lowest BCUT2D eigenvalue weighted by atomic mass is 9.99. The third-order valence-corrected chi connectivity index (χ3v) is 3.44. The summed E-state index contributed by atoms with van der Waals surface area (Å²) in [4.78, 5) is 11.8. The van der Waals surface area contributed by atoms with Gasteiger partial charge in [-0.2, -0.15) is 0 Å². The van der Waals surface area contributed by atoms with Crippen molar-refractivity contribution in [2.45, 2.75) is 25.4 Å². The molecule has 3 N–H and O–H groups in total. The summed E-state index contributed by atoms with van der Waals surface area (Å²) >= 11 is 0. The Morgan fingerprint density at radius 2 is 2.06 bits per heavy atom. The van der Waals surface area contributed by atoms with Crippen LogP contribution in [0.2, 0.25) is 0 Å². The van der Waals surface area contributed by atoms with E-state index in [1.807, 2.05) is 6.92 Å². The van der Waals surface area contributed by atoms with Crippen LogP contribution in [-0.2, 0) is 0 Å². The molecule has 2 aromatic rings. The van der Waals surface area contributed by atoms with E-state index in [1.165, 1.54) is 6.07 Å². The molecule has 0 bridgehead atoms. The van der Waals surface area contributed by atoms with Gasteiger partial charge in [0.2, 0.25) is 0 Å². The van der Waals surface area contributed by atoms with Crippen LogP contribution in [0.5, 0.6) is 11.5 Å². The normalized spacial score (nSPS) is 22.3. The lowest BCUT2D eigenvalue weighted by Gasteiger charge is -2.09. The van der Waals surface area contributed by atoms with Crippen molar-refractivity contribution in [3.8, 4) is 11.5 Å². The molecule has 94 valence electrons. The van der Waals surface area contributed by atoms with Crippen LogP contribution in [0.1, 0.15) is 36.7 Å². The Labute approximate surface area is 102 Å². The minimum atomic E-state index is -0.809. The third kappa shape index (κ3) is 1.34. The van der Waals surface area contributed by atoms with E-state index < -0.39 is 11.7 Å². The van der Waals surface area contributed by atoms with Gasteiger partial charge in [-0.1, -0.05) is 6.92 Å². The SMILES string of the molecule is C[C@H]1C[C@H](O)c2oc(=O)c3c(O)cc(O)cc3c21. The van der Waals surface area contributed by atoms with Gasteiger partial charge in [0.25, 0.3) is 0 Å². The van der Waals surface area contributed by atoms with E-state index in [4.69, 9.17) is 4.42 Å². The number of phenols is 2. The number of hydrogen-bond donors (Lipinski definition) is 3. The fourth-order valence-corrected chi connectivity index (χ4v) is 2.69. The number of rotatable bonds is 0. The Morgan fingerprint density at radius 1 is 1.33 bits per heavy atom. The van der Waals surface area contributed by atoms with E-state index >= 15 is 0 Å². The molecule has 0 aliphatic heterocycles. The molecule has 0 fully saturated rings. The zero-order chi connectivity index (χ0) is 13.0. The van der Waals surface area contributed by atoms with Gasteiger partial charge in [-0.05, 0) is 18.4 Å². The Balaban J connectivity index is 2.53. The van der Waals surface area contributed by atoms with E-state index in [0.29, 0.717) is 17.4 Å². The highest BCUT2D eigenvalue weighted by molar-refractivity contribution is 5.92. The molecule has 5 heteroatoms. The highest BCUT2D eigenvalue weighted by Crippen LogP contribution is 2.44. The summed E-state index contributed by atoms with van der Waals surface area (Å²) in [6, 6.07) is 2.51. The standard InChI is InChI=1S/C13H12O5/c1-5-2-9(16)12-10(5)7-3-6(14)4-8(15)11(7)13(17)18-12/h3-5,9,14-16H,2H2,1H3/t5-,9-/m0/s1.